The lowest BCUT2D eigenvalue weighted by Gasteiger charge is -2.08. The van der Waals surface area contributed by atoms with Crippen molar-refractivity contribution in [3.63, 3.8) is 0 Å². The maximum atomic E-state index is 13.5. The molecule has 3 aromatic rings. The van der Waals surface area contributed by atoms with Crippen molar-refractivity contribution < 1.29 is 18.4 Å². The van der Waals surface area contributed by atoms with Gasteiger partial charge in [-0.1, -0.05) is 0 Å². The molecule has 0 spiro atoms. The van der Waals surface area contributed by atoms with Crippen LogP contribution in [0.1, 0.15) is 23.2 Å². The van der Waals surface area contributed by atoms with Crippen LogP contribution in [0.4, 0.5) is 14.5 Å². The first-order valence-electron chi connectivity index (χ1n) is 8.51. The van der Waals surface area contributed by atoms with Crippen molar-refractivity contribution in [1.29, 1.82) is 0 Å². The van der Waals surface area contributed by atoms with Gasteiger partial charge in [-0.05, 0) is 42.8 Å². The fourth-order valence-corrected chi connectivity index (χ4v) is 2.48. The van der Waals surface area contributed by atoms with Gasteiger partial charge in [0.15, 0.2) is 0 Å². The molecule has 144 valence electrons. The number of nitrogens with zero attached hydrogens (tertiary/aromatic N) is 3. The van der Waals surface area contributed by atoms with Crippen LogP contribution in [0.5, 0.6) is 0 Å². The second kappa shape index (κ2) is 8.85. The SMILES string of the molecule is O=C(CCCNC(=O)c1ccc(F)cc1F)Nc1ccc(-n2cncn2)cc1. The second-order valence-corrected chi connectivity index (χ2v) is 5.92. The molecular formula is C19H17F2N5O2. The maximum absolute atomic E-state index is 13.5. The van der Waals surface area contributed by atoms with Crippen LogP contribution >= 0.6 is 0 Å². The van der Waals surface area contributed by atoms with E-state index in [0.29, 0.717) is 18.2 Å². The number of nitrogens with one attached hydrogen (secondary N) is 2. The summed E-state index contributed by atoms with van der Waals surface area (Å²) in [5.41, 5.74) is 1.20. The molecule has 3 rings (SSSR count). The van der Waals surface area contributed by atoms with Crippen LogP contribution in [0.3, 0.4) is 0 Å². The van der Waals surface area contributed by atoms with Crippen molar-refractivity contribution >= 4 is 17.5 Å². The molecule has 0 bridgehead atoms. The van der Waals surface area contributed by atoms with Gasteiger partial charge in [0.1, 0.15) is 24.3 Å². The average Bonchev–Trinajstić information content (AvgIpc) is 3.20. The molecule has 0 saturated heterocycles. The molecule has 28 heavy (non-hydrogen) atoms. The summed E-state index contributed by atoms with van der Waals surface area (Å²) in [4.78, 5) is 27.7. The summed E-state index contributed by atoms with van der Waals surface area (Å²) in [6.07, 6.45) is 3.55. The number of anilines is 1. The summed E-state index contributed by atoms with van der Waals surface area (Å²) in [6.45, 7) is 0.189. The van der Waals surface area contributed by atoms with E-state index in [1.54, 1.807) is 35.3 Å². The fourth-order valence-electron chi connectivity index (χ4n) is 2.48. The molecular weight excluding hydrogens is 368 g/mol. The second-order valence-electron chi connectivity index (χ2n) is 5.92. The molecule has 0 fully saturated rings. The predicted octanol–water partition coefficient (Wildman–Crippen LogP) is 2.69. The van der Waals surface area contributed by atoms with Crippen LogP contribution in [0.2, 0.25) is 0 Å². The third-order valence-corrected chi connectivity index (χ3v) is 3.88. The molecule has 7 nitrogen and oxygen atoms in total. The third-order valence-electron chi connectivity index (χ3n) is 3.88. The summed E-state index contributed by atoms with van der Waals surface area (Å²) in [5, 5.41) is 9.27. The lowest BCUT2D eigenvalue weighted by molar-refractivity contribution is -0.116. The molecule has 2 amide bonds. The van der Waals surface area contributed by atoms with Gasteiger partial charge < -0.3 is 10.6 Å². The molecule has 0 atom stereocenters. The Hall–Kier alpha value is -3.62. The Balaban J connectivity index is 1.41. The zero-order chi connectivity index (χ0) is 19.9. The molecule has 0 aliphatic carbocycles. The van der Waals surface area contributed by atoms with Gasteiger partial charge in [0, 0.05) is 24.7 Å². The van der Waals surface area contributed by atoms with E-state index >= 15 is 0 Å². The van der Waals surface area contributed by atoms with Gasteiger partial charge in [-0.25, -0.2) is 18.4 Å². The van der Waals surface area contributed by atoms with E-state index in [4.69, 9.17) is 0 Å². The molecule has 0 aliphatic rings. The first kappa shape index (κ1) is 19.2. The summed E-state index contributed by atoms with van der Waals surface area (Å²) < 4.78 is 28.0. The van der Waals surface area contributed by atoms with E-state index in [2.05, 4.69) is 20.7 Å². The van der Waals surface area contributed by atoms with Gasteiger partial charge >= 0.3 is 0 Å². The molecule has 9 heteroatoms. The van der Waals surface area contributed by atoms with E-state index in [0.717, 1.165) is 17.8 Å². The lowest BCUT2D eigenvalue weighted by atomic mass is 10.2. The number of hydrogen-bond acceptors (Lipinski definition) is 4. The number of halogens is 2. The summed E-state index contributed by atoms with van der Waals surface area (Å²) >= 11 is 0. The Bertz CT molecular complexity index is 959. The van der Waals surface area contributed by atoms with Crippen LogP contribution < -0.4 is 10.6 Å². The smallest absolute Gasteiger partial charge is 0.254 e. The zero-order valence-electron chi connectivity index (χ0n) is 14.7. The normalized spacial score (nSPS) is 10.5. The van der Waals surface area contributed by atoms with Crippen molar-refractivity contribution in [2.45, 2.75) is 12.8 Å². The van der Waals surface area contributed by atoms with Crippen LogP contribution in [-0.4, -0.2) is 33.1 Å². The number of amides is 2. The van der Waals surface area contributed by atoms with Crippen molar-refractivity contribution in [3.8, 4) is 5.69 Å². The van der Waals surface area contributed by atoms with Crippen LogP contribution in [0.15, 0.2) is 55.1 Å². The van der Waals surface area contributed by atoms with Gasteiger partial charge in [-0.3, -0.25) is 9.59 Å². The van der Waals surface area contributed by atoms with Gasteiger partial charge in [0.2, 0.25) is 5.91 Å². The van der Waals surface area contributed by atoms with Crippen LogP contribution in [-0.2, 0) is 4.79 Å². The summed E-state index contributed by atoms with van der Waals surface area (Å²) in [5.74, 6) is -2.54. The third kappa shape index (κ3) is 4.97. The minimum Gasteiger partial charge on any atom is -0.352 e. The molecule has 0 unspecified atom stereocenters. The zero-order valence-corrected chi connectivity index (χ0v) is 14.7. The monoisotopic (exact) mass is 385 g/mol. The highest BCUT2D eigenvalue weighted by Crippen LogP contribution is 2.13. The standard InChI is InChI=1S/C19H17F2N5O2/c20-13-3-8-16(17(21)10-13)19(28)23-9-1-2-18(27)25-14-4-6-15(7-5-14)26-12-22-11-24-26/h3-8,10-12H,1-2,9H2,(H,23,28)(H,25,27). The Morgan fingerprint density at radius 2 is 1.86 bits per heavy atom. The molecule has 0 aliphatic heterocycles. The van der Waals surface area contributed by atoms with Gasteiger partial charge in [0.25, 0.3) is 5.91 Å². The molecule has 2 N–H and O–H groups in total. The maximum Gasteiger partial charge on any atom is 0.254 e. The number of carbonyl (C=O) groups excluding carboxylic acids is 2. The number of benzene rings is 2. The topological polar surface area (TPSA) is 88.9 Å². The van der Waals surface area contributed by atoms with E-state index in [1.165, 1.54) is 6.33 Å². The highest BCUT2D eigenvalue weighted by Gasteiger charge is 2.12. The number of aromatic nitrogens is 3. The number of carbonyl (C=O) groups is 2. The van der Waals surface area contributed by atoms with Crippen molar-refractivity contribution in [3.05, 3.63) is 72.3 Å². The number of hydrogen-bond donors (Lipinski definition) is 2. The highest BCUT2D eigenvalue weighted by atomic mass is 19.1. The molecule has 0 radical (unpaired) electrons. The van der Waals surface area contributed by atoms with Crippen LogP contribution in [0.25, 0.3) is 5.69 Å². The quantitative estimate of drug-likeness (QED) is 0.612. The van der Waals surface area contributed by atoms with Gasteiger partial charge in [-0.2, -0.15) is 5.10 Å². The van der Waals surface area contributed by atoms with E-state index < -0.39 is 17.5 Å². The molecule has 1 aromatic heterocycles. The molecule has 1 heterocycles. The minimum absolute atomic E-state index is 0.178. The Morgan fingerprint density at radius 3 is 2.54 bits per heavy atom. The minimum atomic E-state index is -0.926. The van der Waals surface area contributed by atoms with Gasteiger partial charge in [0.05, 0.1) is 11.3 Å². The number of rotatable bonds is 7. The fraction of sp³-hybridized carbons (Fsp3) is 0.158. The Labute approximate surface area is 159 Å². The summed E-state index contributed by atoms with van der Waals surface area (Å²) in [7, 11) is 0. The van der Waals surface area contributed by atoms with E-state index in [9.17, 15) is 18.4 Å². The van der Waals surface area contributed by atoms with Crippen molar-refractivity contribution in [1.82, 2.24) is 20.1 Å². The van der Waals surface area contributed by atoms with E-state index in [1.807, 2.05) is 0 Å². The Morgan fingerprint density at radius 1 is 1.07 bits per heavy atom. The first-order valence-corrected chi connectivity index (χ1v) is 8.51. The molecule has 0 saturated carbocycles. The summed E-state index contributed by atoms with van der Waals surface area (Å²) in [6, 6.07) is 9.82. The molecule has 2 aromatic carbocycles. The van der Waals surface area contributed by atoms with Crippen molar-refractivity contribution in [2.75, 3.05) is 11.9 Å². The van der Waals surface area contributed by atoms with E-state index in [-0.39, 0.29) is 24.4 Å². The van der Waals surface area contributed by atoms with Crippen LogP contribution in [0, 0.1) is 11.6 Å². The van der Waals surface area contributed by atoms with Gasteiger partial charge in [-0.15, -0.1) is 0 Å². The average molecular weight is 385 g/mol. The first-order chi connectivity index (χ1) is 13.5. The lowest BCUT2D eigenvalue weighted by Crippen LogP contribution is -2.26. The predicted molar refractivity (Wildman–Crippen MR) is 97.9 cm³/mol. The largest absolute Gasteiger partial charge is 0.352 e. The van der Waals surface area contributed by atoms with Crippen molar-refractivity contribution in [2.24, 2.45) is 0 Å². The highest BCUT2D eigenvalue weighted by molar-refractivity contribution is 5.94. The Kier molecular flexibility index (Phi) is 6.05.